The van der Waals surface area contributed by atoms with E-state index in [-0.39, 0.29) is 25.5 Å². The van der Waals surface area contributed by atoms with Crippen LogP contribution in [0.2, 0.25) is 0 Å². The molecule has 6 heteroatoms. The van der Waals surface area contributed by atoms with Gasteiger partial charge < -0.3 is 24.1 Å². The van der Waals surface area contributed by atoms with E-state index < -0.39 is 6.10 Å². The molecule has 3 aliphatic heterocycles. The maximum atomic E-state index is 11.0. The Hall–Kier alpha value is -2.44. The van der Waals surface area contributed by atoms with Crippen molar-refractivity contribution < 1.29 is 24.1 Å². The van der Waals surface area contributed by atoms with Gasteiger partial charge in [0.25, 0.3) is 0 Å². The van der Waals surface area contributed by atoms with Crippen molar-refractivity contribution in [3.05, 3.63) is 46.5 Å². The maximum absolute atomic E-state index is 11.0. The summed E-state index contributed by atoms with van der Waals surface area (Å²) < 4.78 is 22.4. The zero-order valence-electron chi connectivity index (χ0n) is 14.4. The first-order chi connectivity index (χ1) is 12.7. The van der Waals surface area contributed by atoms with Crippen molar-refractivity contribution in [2.45, 2.75) is 31.0 Å². The molecule has 0 saturated heterocycles. The van der Waals surface area contributed by atoms with Gasteiger partial charge in [-0.25, -0.2) is 0 Å². The SMILES string of the molecule is CN1Cc2c(ccc3c2OCO3)[C@H]2[C@H](O)Cc3cc4c(cc3[C@H]21)OCO4. The summed E-state index contributed by atoms with van der Waals surface area (Å²) in [6.07, 6.45) is 0.143. The molecule has 1 aliphatic carbocycles. The second-order valence-corrected chi connectivity index (χ2v) is 7.43. The van der Waals surface area contributed by atoms with E-state index >= 15 is 0 Å². The van der Waals surface area contributed by atoms with Crippen molar-refractivity contribution in [2.24, 2.45) is 0 Å². The Morgan fingerprint density at radius 3 is 2.62 bits per heavy atom. The van der Waals surface area contributed by atoms with Gasteiger partial charge in [0.05, 0.1) is 6.10 Å². The van der Waals surface area contributed by atoms with E-state index in [1.165, 1.54) is 5.56 Å². The average molecular weight is 353 g/mol. The van der Waals surface area contributed by atoms with Crippen LogP contribution < -0.4 is 18.9 Å². The van der Waals surface area contributed by atoms with E-state index in [9.17, 15) is 5.11 Å². The number of likely N-dealkylation sites (N-methyl/N-ethyl adjacent to an activating group) is 1. The van der Waals surface area contributed by atoms with Gasteiger partial charge in [-0.3, -0.25) is 4.90 Å². The topological polar surface area (TPSA) is 60.4 Å². The highest BCUT2D eigenvalue weighted by atomic mass is 16.7. The monoisotopic (exact) mass is 353 g/mol. The highest BCUT2D eigenvalue weighted by Crippen LogP contribution is 2.54. The van der Waals surface area contributed by atoms with Crippen LogP contribution in [0.3, 0.4) is 0 Å². The fourth-order valence-corrected chi connectivity index (χ4v) is 4.97. The summed E-state index contributed by atoms with van der Waals surface area (Å²) in [5, 5.41) is 11.0. The van der Waals surface area contributed by atoms with E-state index in [0.29, 0.717) is 6.42 Å². The minimum atomic E-state index is -0.463. The predicted octanol–water partition coefficient (Wildman–Crippen LogP) is 2.33. The van der Waals surface area contributed by atoms with E-state index in [1.807, 2.05) is 12.1 Å². The molecule has 134 valence electrons. The molecule has 0 fully saturated rings. The quantitative estimate of drug-likeness (QED) is 0.784. The highest BCUT2D eigenvalue weighted by Gasteiger charge is 2.45. The van der Waals surface area contributed by atoms with Crippen LogP contribution in [0.15, 0.2) is 24.3 Å². The number of aliphatic hydroxyl groups is 1. The highest BCUT2D eigenvalue weighted by molar-refractivity contribution is 5.58. The van der Waals surface area contributed by atoms with Crippen molar-refractivity contribution in [3.8, 4) is 23.0 Å². The third kappa shape index (κ3) is 1.83. The summed E-state index contributed by atoms with van der Waals surface area (Å²) in [4.78, 5) is 2.29. The van der Waals surface area contributed by atoms with Crippen molar-refractivity contribution in [3.63, 3.8) is 0 Å². The van der Waals surface area contributed by atoms with Crippen LogP contribution in [-0.2, 0) is 13.0 Å². The fourth-order valence-electron chi connectivity index (χ4n) is 4.97. The molecule has 0 saturated carbocycles. The fraction of sp³-hybridized carbons (Fsp3) is 0.400. The average Bonchev–Trinajstić information content (AvgIpc) is 3.28. The first-order valence-electron chi connectivity index (χ1n) is 8.93. The predicted molar refractivity (Wildman–Crippen MR) is 91.8 cm³/mol. The lowest BCUT2D eigenvalue weighted by Gasteiger charge is -2.46. The number of fused-ring (bicyclic) bond motifs is 8. The van der Waals surface area contributed by atoms with E-state index in [2.05, 4.69) is 24.1 Å². The van der Waals surface area contributed by atoms with E-state index in [0.717, 1.165) is 46.2 Å². The minimum Gasteiger partial charge on any atom is -0.454 e. The Bertz CT molecular complexity index is 925. The van der Waals surface area contributed by atoms with Crippen LogP contribution >= 0.6 is 0 Å². The summed E-state index contributed by atoms with van der Waals surface area (Å²) >= 11 is 0. The summed E-state index contributed by atoms with van der Waals surface area (Å²) in [5.74, 6) is 3.19. The number of hydrogen-bond donors (Lipinski definition) is 1. The molecule has 2 aromatic carbocycles. The zero-order chi connectivity index (χ0) is 17.4. The number of benzene rings is 2. The summed E-state index contributed by atoms with van der Waals surface area (Å²) in [6.45, 7) is 1.28. The third-order valence-electron chi connectivity index (χ3n) is 6.06. The van der Waals surface area contributed by atoms with E-state index in [1.54, 1.807) is 0 Å². The van der Waals surface area contributed by atoms with Gasteiger partial charge in [0.1, 0.15) is 0 Å². The standard InChI is InChI=1S/C20H19NO5/c1-21-7-13-11(2-3-15-20(13)26-9-23-15)18-14(22)4-10-5-16-17(25-8-24-16)6-12(10)19(18)21/h2-3,5-6,14,18-19,22H,4,7-9H2,1H3/t14-,18+,19-/m1/s1. The van der Waals surface area contributed by atoms with Gasteiger partial charge in [-0.05, 0) is 48.4 Å². The van der Waals surface area contributed by atoms with Crippen LogP contribution in [0.25, 0.3) is 0 Å². The van der Waals surface area contributed by atoms with Gasteiger partial charge in [0, 0.05) is 24.1 Å². The number of aliphatic hydroxyl groups excluding tert-OH is 1. The molecule has 0 amide bonds. The molecule has 6 nitrogen and oxygen atoms in total. The zero-order valence-corrected chi connectivity index (χ0v) is 14.4. The Kier molecular flexibility index (Phi) is 2.86. The summed E-state index contributed by atoms with van der Waals surface area (Å²) in [6, 6.07) is 8.27. The lowest BCUT2D eigenvalue weighted by Crippen LogP contribution is -2.43. The third-order valence-corrected chi connectivity index (χ3v) is 6.06. The van der Waals surface area contributed by atoms with E-state index in [4.69, 9.17) is 18.9 Å². The van der Waals surface area contributed by atoms with Crippen molar-refractivity contribution in [2.75, 3.05) is 20.6 Å². The van der Waals surface area contributed by atoms with Crippen molar-refractivity contribution in [1.29, 1.82) is 0 Å². The summed E-state index contributed by atoms with van der Waals surface area (Å²) in [5.41, 5.74) is 4.65. The van der Waals surface area contributed by atoms with Crippen LogP contribution in [0, 0.1) is 0 Å². The molecule has 0 bridgehead atoms. The van der Waals surface area contributed by atoms with Crippen LogP contribution in [0.4, 0.5) is 0 Å². The van der Waals surface area contributed by atoms with Crippen LogP contribution in [0.5, 0.6) is 23.0 Å². The number of nitrogens with zero attached hydrogens (tertiary/aromatic N) is 1. The molecule has 0 radical (unpaired) electrons. The van der Waals surface area contributed by atoms with Gasteiger partial charge in [-0.1, -0.05) is 6.07 Å². The van der Waals surface area contributed by atoms with Gasteiger partial charge in [0.15, 0.2) is 23.0 Å². The summed E-state index contributed by atoms with van der Waals surface area (Å²) in [7, 11) is 2.10. The lowest BCUT2D eigenvalue weighted by molar-refractivity contribution is 0.0591. The van der Waals surface area contributed by atoms with Crippen molar-refractivity contribution in [1.82, 2.24) is 4.90 Å². The first-order valence-corrected chi connectivity index (χ1v) is 8.93. The van der Waals surface area contributed by atoms with Crippen LogP contribution in [0.1, 0.15) is 34.2 Å². The molecule has 0 aromatic heterocycles. The van der Waals surface area contributed by atoms with Crippen LogP contribution in [-0.4, -0.2) is 36.7 Å². The molecule has 0 unspecified atom stereocenters. The molecular formula is C20H19NO5. The second kappa shape index (κ2) is 5.05. The normalized spacial score (nSPS) is 27.7. The molecule has 0 spiro atoms. The molecule has 26 heavy (non-hydrogen) atoms. The molecule has 6 rings (SSSR count). The maximum Gasteiger partial charge on any atom is 0.231 e. The Labute approximate surface area is 150 Å². The Balaban J connectivity index is 1.53. The van der Waals surface area contributed by atoms with Crippen molar-refractivity contribution >= 4 is 0 Å². The molecule has 3 heterocycles. The van der Waals surface area contributed by atoms with Gasteiger partial charge in [-0.15, -0.1) is 0 Å². The Morgan fingerprint density at radius 1 is 0.962 bits per heavy atom. The molecule has 3 atom stereocenters. The Morgan fingerprint density at radius 2 is 1.73 bits per heavy atom. The smallest absolute Gasteiger partial charge is 0.231 e. The largest absolute Gasteiger partial charge is 0.454 e. The molecule has 2 aromatic rings. The molecule has 1 N–H and O–H groups in total. The minimum absolute atomic E-state index is 0.00822. The first kappa shape index (κ1) is 14.7. The molecular weight excluding hydrogens is 334 g/mol. The number of rotatable bonds is 0. The lowest BCUT2D eigenvalue weighted by atomic mass is 9.70. The van der Waals surface area contributed by atoms with Gasteiger partial charge in [-0.2, -0.15) is 0 Å². The number of ether oxygens (including phenoxy) is 4. The second-order valence-electron chi connectivity index (χ2n) is 7.43. The van der Waals surface area contributed by atoms with Gasteiger partial charge in [0.2, 0.25) is 13.6 Å². The van der Waals surface area contributed by atoms with Gasteiger partial charge >= 0.3 is 0 Å². The molecule has 4 aliphatic rings. The number of hydrogen-bond acceptors (Lipinski definition) is 6.